The van der Waals surface area contributed by atoms with Crippen molar-refractivity contribution >= 4 is 5.78 Å². The molecule has 0 bridgehead atoms. The number of carbonyl (C=O) groups excluding carboxylic acids is 1. The molecule has 2 aliphatic carbocycles. The summed E-state index contributed by atoms with van der Waals surface area (Å²) in [5.74, 6) is 2.98. The maximum Gasteiger partial charge on any atom is 0.137 e. The first kappa shape index (κ1) is 13.5. The molecule has 0 spiro atoms. The van der Waals surface area contributed by atoms with Crippen molar-refractivity contribution in [2.24, 2.45) is 17.8 Å². The molecular weight excluding hydrogens is 258 g/mol. The minimum atomic E-state index is 0.261. The standard InChI is InChI=1S/C19H25NO/c21-18-10-9-14(13-5-2-1-3-6-13)11-17(18)19-16-8-4-7-15(16)12-20-19/h1-3,5-6,14-17,19-20H,4,7-12H2. The highest BCUT2D eigenvalue weighted by atomic mass is 16.1. The van der Waals surface area contributed by atoms with E-state index in [1.54, 1.807) is 0 Å². The number of benzene rings is 1. The van der Waals surface area contributed by atoms with Crippen LogP contribution in [0.25, 0.3) is 0 Å². The Balaban J connectivity index is 1.52. The minimum Gasteiger partial charge on any atom is -0.313 e. The number of Topliss-reactive ketones (excluding diaryl/α,β-unsaturated/α-hetero) is 1. The van der Waals surface area contributed by atoms with Gasteiger partial charge in [0.1, 0.15) is 5.78 Å². The lowest BCUT2D eigenvalue weighted by atomic mass is 9.71. The average Bonchev–Trinajstić information content (AvgIpc) is 3.12. The zero-order valence-electron chi connectivity index (χ0n) is 12.6. The van der Waals surface area contributed by atoms with E-state index < -0.39 is 0 Å². The zero-order chi connectivity index (χ0) is 14.2. The number of hydrogen-bond donors (Lipinski definition) is 1. The predicted octanol–water partition coefficient (Wildman–Crippen LogP) is 3.53. The molecule has 1 N–H and O–H groups in total. The van der Waals surface area contributed by atoms with Crippen molar-refractivity contribution in [2.45, 2.75) is 50.5 Å². The fourth-order valence-corrected chi connectivity index (χ4v) is 5.10. The summed E-state index contributed by atoms with van der Waals surface area (Å²) in [5, 5.41) is 3.71. The maximum atomic E-state index is 12.5. The van der Waals surface area contributed by atoms with Gasteiger partial charge in [-0.05, 0) is 55.5 Å². The van der Waals surface area contributed by atoms with Crippen LogP contribution in [0.3, 0.4) is 0 Å². The van der Waals surface area contributed by atoms with Gasteiger partial charge in [-0.25, -0.2) is 0 Å². The van der Waals surface area contributed by atoms with Crippen LogP contribution in [0.15, 0.2) is 30.3 Å². The van der Waals surface area contributed by atoms with Crippen molar-refractivity contribution in [1.82, 2.24) is 5.32 Å². The molecule has 112 valence electrons. The molecule has 1 saturated heterocycles. The van der Waals surface area contributed by atoms with Gasteiger partial charge in [-0.2, -0.15) is 0 Å². The summed E-state index contributed by atoms with van der Waals surface area (Å²) in [4.78, 5) is 12.5. The number of rotatable bonds is 2. The van der Waals surface area contributed by atoms with E-state index in [9.17, 15) is 4.79 Å². The lowest BCUT2D eigenvalue weighted by molar-refractivity contribution is -0.126. The van der Waals surface area contributed by atoms with Gasteiger partial charge in [-0.15, -0.1) is 0 Å². The second-order valence-electron chi connectivity index (χ2n) is 7.24. The van der Waals surface area contributed by atoms with Crippen LogP contribution in [-0.2, 0) is 4.79 Å². The van der Waals surface area contributed by atoms with Crippen LogP contribution in [0.1, 0.15) is 50.0 Å². The third-order valence-electron chi connectivity index (χ3n) is 6.19. The number of carbonyl (C=O) groups is 1. The molecule has 0 amide bonds. The summed E-state index contributed by atoms with van der Waals surface area (Å²) in [6, 6.07) is 11.3. The summed E-state index contributed by atoms with van der Waals surface area (Å²) in [5.41, 5.74) is 1.43. The Morgan fingerprint density at radius 1 is 1.05 bits per heavy atom. The smallest absolute Gasteiger partial charge is 0.137 e. The van der Waals surface area contributed by atoms with Gasteiger partial charge in [0.05, 0.1) is 0 Å². The Morgan fingerprint density at radius 3 is 2.76 bits per heavy atom. The molecule has 1 aromatic carbocycles. The number of nitrogens with one attached hydrogen (secondary N) is 1. The Labute approximate surface area is 127 Å². The van der Waals surface area contributed by atoms with Gasteiger partial charge in [-0.3, -0.25) is 4.79 Å². The molecule has 0 radical (unpaired) electrons. The molecule has 2 saturated carbocycles. The zero-order valence-corrected chi connectivity index (χ0v) is 12.6. The van der Waals surface area contributed by atoms with E-state index in [4.69, 9.17) is 0 Å². The van der Waals surface area contributed by atoms with Crippen LogP contribution in [0.4, 0.5) is 0 Å². The second-order valence-corrected chi connectivity index (χ2v) is 7.24. The molecule has 4 rings (SSSR count). The highest BCUT2D eigenvalue weighted by Gasteiger charge is 2.46. The van der Waals surface area contributed by atoms with Crippen molar-refractivity contribution < 1.29 is 4.79 Å². The fraction of sp³-hybridized carbons (Fsp3) is 0.632. The topological polar surface area (TPSA) is 29.1 Å². The summed E-state index contributed by atoms with van der Waals surface area (Å²) >= 11 is 0. The van der Waals surface area contributed by atoms with Crippen LogP contribution in [-0.4, -0.2) is 18.4 Å². The van der Waals surface area contributed by atoms with Crippen LogP contribution in [0.5, 0.6) is 0 Å². The first-order chi connectivity index (χ1) is 10.3. The van der Waals surface area contributed by atoms with Gasteiger partial charge in [0.2, 0.25) is 0 Å². The van der Waals surface area contributed by atoms with E-state index in [0.717, 1.165) is 37.6 Å². The Morgan fingerprint density at radius 2 is 1.90 bits per heavy atom. The van der Waals surface area contributed by atoms with Gasteiger partial charge in [0, 0.05) is 18.4 Å². The van der Waals surface area contributed by atoms with Crippen molar-refractivity contribution in [2.75, 3.05) is 6.54 Å². The molecule has 1 heterocycles. The van der Waals surface area contributed by atoms with E-state index >= 15 is 0 Å². The normalized spacial score (nSPS) is 39.4. The van der Waals surface area contributed by atoms with Gasteiger partial charge >= 0.3 is 0 Å². The number of fused-ring (bicyclic) bond motifs is 1. The summed E-state index contributed by atoms with van der Waals surface area (Å²) in [7, 11) is 0. The van der Waals surface area contributed by atoms with Crippen molar-refractivity contribution in [3.05, 3.63) is 35.9 Å². The third kappa shape index (κ3) is 2.44. The average molecular weight is 283 g/mol. The monoisotopic (exact) mass is 283 g/mol. The van der Waals surface area contributed by atoms with E-state index in [1.165, 1.54) is 24.8 Å². The van der Waals surface area contributed by atoms with Gasteiger partial charge < -0.3 is 5.32 Å². The van der Waals surface area contributed by atoms with E-state index in [-0.39, 0.29) is 5.92 Å². The molecule has 1 aromatic rings. The Kier molecular flexibility index (Phi) is 3.58. The summed E-state index contributed by atoms with van der Waals surface area (Å²) in [6.45, 7) is 1.15. The Hall–Kier alpha value is -1.15. The number of hydrogen-bond acceptors (Lipinski definition) is 2. The van der Waals surface area contributed by atoms with Crippen molar-refractivity contribution in [1.29, 1.82) is 0 Å². The van der Waals surface area contributed by atoms with Gasteiger partial charge in [-0.1, -0.05) is 36.8 Å². The van der Waals surface area contributed by atoms with Crippen LogP contribution < -0.4 is 5.32 Å². The minimum absolute atomic E-state index is 0.261. The maximum absolute atomic E-state index is 12.5. The largest absolute Gasteiger partial charge is 0.313 e. The SMILES string of the molecule is O=C1CCC(c2ccccc2)CC1C1NCC2CCCC21. The van der Waals surface area contributed by atoms with Gasteiger partial charge in [0.25, 0.3) is 0 Å². The predicted molar refractivity (Wildman–Crippen MR) is 84.2 cm³/mol. The molecule has 3 fully saturated rings. The molecule has 21 heavy (non-hydrogen) atoms. The third-order valence-corrected chi connectivity index (χ3v) is 6.19. The number of ketones is 1. The molecule has 3 aliphatic rings. The molecule has 0 aromatic heterocycles. The van der Waals surface area contributed by atoms with Crippen molar-refractivity contribution in [3.63, 3.8) is 0 Å². The molecule has 2 heteroatoms. The molecular formula is C19H25NO. The first-order valence-corrected chi connectivity index (χ1v) is 8.64. The van der Waals surface area contributed by atoms with Gasteiger partial charge in [0.15, 0.2) is 0 Å². The van der Waals surface area contributed by atoms with E-state index in [1.807, 2.05) is 0 Å². The quantitative estimate of drug-likeness (QED) is 0.899. The molecule has 5 unspecified atom stereocenters. The lowest BCUT2D eigenvalue weighted by Crippen LogP contribution is -2.42. The van der Waals surface area contributed by atoms with Crippen LogP contribution in [0.2, 0.25) is 0 Å². The van der Waals surface area contributed by atoms with Crippen LogP contribution in [0, 0.1) is 17.8 Å². The van der Waals surface area contributed by atoms with E-state index in [0.29, 0.717) is 17.7 Å². The molecule has 2 nitrogen and oxygen atoms in total. The lowest BCUT2D eigenvalue weighted by Gasteiger charge is -2.34. The highest BCUT2D eigenvalue weighted by molar-refractivity contribution is 5.83. The summed E-state index contributed by atoms with van der Waals surface area (Å²) < 4.78 is 0. The molecule has 5 atom stereocenters. The first-order valence-electron chi connectivity index (χ1n) is 8.64. The van der Waals surface area contributed by atoms with E-state index in [2.05, 4.69) is 35.6 Å². The summed E-state index contributed by atoms with van der Waals surface area (Å²) in [6.07, 6.45) is 6.96. The molecule has 1 aliphatic heterocycles. The fourth-order valence-electron chi connectivity index (χ4n) is 5.10. The van der Waals surface area contributed by atoms with Crippen molar-refractivity contribution in [3.8, 4) is 0 Å². The second kappa shape index (κ2) is 5.57. The Bertz CT molecular complexity index is 512. The van der Waals surface area contributed by atoms with Crippen LogP contribution >= 0.6 is 0 Å². The highest BCUT2D eigenvalue weighted by Crippen LogP contribution is 2.44.